The van der Waals surface area contributed by atoms with Gasteiger partial charge in [-0.3, -0.25) is 9.69 Å². The van der Waals surface area contributed by atoms with E-state index in [0.717, 1.165) is 0 Å². The second-order valence-corrected chi connectivity index (χ2v) is 4.38. The maximum Gasteiger partial charge on any atom is 0.241 e. The number of carbonyl (C=O) groups is 1. The topological polar surface area (TPSA) is 67.6 Å². The number of carbonyl (C=O) groups excluding carboxylic acids is 1. The van der Waals surface area contributed by atoms with Crippen LogP contribution in [0.3, 0.4) is 0 Å². The summed E-state index contributed by atoms with van der Waals surface area (Å²) in [7, 11) is 3.40. The number of amides is 1. The molecule has 1 unspecified atom stereocenters. The van der Waals surface area contributed by atoms with Gasteiger partial charge in [0, 0.05) is 19.3 Å². The number of hydrogen-bond acceptors (Lipinski definition) is 4. The number of likely N-dealkylation sites (N-methyl/N-ethyl adjacent to an activating group) is 1. The van der Waals surface area contributed by atoms with E-state index in [-0.39, 0.29) is 11.6 Å². The van der Waals surface area contributed by atoms with E-state index in [1.165, 1.54) is 18.2 Å². The highest BCUT2D eigenvalue weighted by atomic mass is 19.1. The van der Waals surface area contributed by atoms with Gasteiger partial charge in [0.2, 0.25) is 5.91 Å². The average molecular weight is 269 g/mol. The van der Waals surface area contributed by atoms with Crippen LogP contribution in [0.1, 0.15) is 6.92 Å². The number of methoxy groups -OCH3 is 1. The molecule has 0 heterocycles. The van der Waals surface area contributed by atoms with Crippen molar-refractivity contribution >= 4 is 17.3 Å². The van der Waals surface area contributed by atoms with Gasteiger partial charge in [-0.1, -0.05) is 0 Å². The molecule has 106 valence electrons. The lowest BCUT2D eigenvalue weighted by atomic mass is 10.2. The van der Waals surface area contributed by atoms with Gasteiger partial charge in [-0.15, -0.1) is 0 Å². The predicted molar refractivity (Wildman–Crippen MR) is 73.4 cm³/mol. The van der Waals surface area contributed by atoms with Crippen LogP contribution in [0.2, 0.25) is 0 Å². The zero-order valence-corrected chi connectivity index (χ0v) is 11.4. The monoisotopic (exact) mass is 269 g/mol. The van der Waals surface area contributed by atoms with Crippen LogP contribution >= 0.6 is 0 Å². The van der Waals surface area contributed by atoms with Gasteiger partial charge in [0.25, 0.3) is 0 Å². The van der Waals surface area contributed by atoms with Crippen LogP contribution in [0, 0.1) is 5.82 Å². The molecule has 0 saturated carbocycles. The van der Waals surface area contributed by atoms with Crippen LogP contribution in [0.5, 0.6) is 0 Å². The molecule has 3 N–H and O–H groups in total. The van der Waals surface area contributed by atoms with Crippen LogP contribution in [-0.2, 0) is 9.53 Å². The first kappa shape index (κ1) is 15.4. The fourth-order valence-electron chi connectivity index (χ4n) is 1.50. The molecule has 0 fully saturated rings. The molecular weight excluding hydrogens is 249 g/mol. The quantitative estimate of drug-likeness (QED) is 0.764. The zero-order chi connectivity index (χ0) is 14.4. The summed E-state index contributed by atoms with van der Waals surface area (Å²) in [6.07, 6.45) is 0. The standard InChI is InChI=1S/C13H20FN3O2/c1-9(17(2)6-7-19-3)13(18)16-12-8-10(15)4-5-11(12)14/h4-5,8-9H,6-7,15H2,1-3H3,(H,16,18). The Balaban J connectivity index is 2.65. The van der Waals surface area contributed by atoms with E-state index in [1.54, 1.807) is 21.1 Å². The van der Waals surface area contributed by atoms with Gasteiger partial charge in [-0.2, -0.15) is 0 Å². The zero-order valence-electron chi connectivity index (χ0n) is 11.4. The van der Waals surface area contributed by atoms with Crippen molar-refractivity contribution in [1.29, 1.82) is 0 Å². The highest BCUT2D eigenvalue weighted by molar-refractivity contribution is 5.95. The number of rotatable bonds is 6. The first-order valence-electron chi connectivity index (χ1n) is 6.00. The van der Waals surface area contributed by atoms with Crippen LogP contribution in [0.4, 0.5) is 15.8 Å². The minimum atomic E-state index is -0.505. The highest BCUT2D eigenvalue weighted by Crippen LogP contribution is 2.17. The Bertz CT molecular complexity index is 440. The van der Waals surface area contributed by atoms with Gasteiger partial charge >= 0.3 is 0 Å². The molecule has 1 aromatic carbocycles. The van der Waals surface area contributed by atoms with E-state index in [9.17, 15) is 9.18 Å². The molecule has 1 rings (SSSR count). The van der Waals surface area contributed by atoms with Crippen LogP contribution in [-0.4, -0.2) is 44.2 Å². The maximum atomic E-state index is 13.5. The third kappa shape index (κ3) is 4.50. The number of benzene rings is 1. The smallest absolute Gasteiger partial charge is 0.241 e. The van der Waals surface area contributed by atoms with Gasteiger partial charge in [0.1, 0.15) is 5.82 Å². The molecule has 0 aliphatic rings. The second kappa shape index (κ2) is 7.06. The predicted octanol–water partition coefficient (Wildman–Crippen LogP) is 1.31. The minimum absolute atomic E-state index is 0.0944. The molecule has 0 spiro atoms. The fourth-order valence-corrected chi connectivity index (χ4v) is 1.50. The Hall–Kier alpha value is -1.66. The van der Waals surface area contributed by atoms with E-state index in [0.29, 0.717) is 18.8 Å². The van der Waals surface area contributed by atoms with Crippen molar-refractivity contribution in [2.75, 3.05) is 38.4 Å². The summed E-state index contributed by atoms with van der Waals surface area (Å²) >= 11 is 0. The summed E-state index contributed by atoms with van der Waals surface area (Å²) < 4.78 is 18.4. The van der Waals surface area contributed by atoms with Gasteiger partial charge in [0.05, 0.1) is 18.3 Å². The van der Waals surface area contributed by atoms with E-state index in [4.69, 9.17) is 10.5 Å². The van der Waals surface area contributed by atoms with E-state index in [2.05, 4.69) is 5.32 Å². The summed E-state index contributed by atoms with van der Waals surface area (Å²) in [5, 5.41) is 2.53. The molecule has 0 aliphatic heterocycles. The van der Waals surface area contributed by atoms with Crippen molar-refractivity contribution in [1.82, 2.24) is 4.90 Å². The third-order valence-corrected chi connectivity index (χ3v) is 2.94. The summed E-state index contributed by atoms with van der Waals surface area (Å²) in [6.45, 7) is 2.89. The van der Waals surface area contributed by atoms with E-state index < -0.39 is 11.9 Å². The van der Waals surface area contributed by atoms with Crippen molar-refractivity contribution in [3.8, 4) is 0 Å². The molecule has 19 heavy (non-hydrogen) atoms. The molecule has 5 nitrogen and oxygen atoms in total. The number of nitrogens with two attached hydrogens (primary N) is 1. The number of halogens is 1. The van der Waals surface area contributed by atoms with Gasteiger partial charge in [-0.25, -0.2) is 4.39 Å². The van der Waals surface area contributed by atoms with Crippen molar-refractivity contribution < 1.29 is 13.9 Å². The van der Waals surface area contributed by atoms with Crippen LogP contribution < -0.4 is 11.1 Å². The number of nitrogens with zero attached hydrogens (tertiary/aromatic N) is 1. The second-order valence-electron chi connectivity index (χ2n) is 4.38. The molecule has 1 aromatic rings. The van der Waals surface area contributed by atoms with E-state index >= 15 is 0 Å². The Morgan fingerprint density at radius 1 is 1.58 bits per heavy atom. The lowest BCUT2D eigenvalue weighted by Crippen LogP contribution is -2.41. The molecule has 0 saturated heterocycles. The molecule has 0 aromatic heterocycles. The largest absolute Gasteiger partial charge is 0.399 e. The number of nitrogens with one attached hydrogen (secondary N) is 1. The first-order valence-corrected chi connectivity index (χ1v) is 6.00. The van der Waals surface area contributed by atoms with Crippen LogP contribution in [0.25, 0.3) is 0 Å². The van der Waals surface area contributed by atoms with Gasteiger partial charge in [-0.05, 0) is 32.2 Å². The van der Waals surface area contributed by atoms with Crippen molar-refractivity contribution in [2.24, 2.45) is 0 Å². The van der Waals surface area contributed by atoms with Gasteiger partial charge in [0.15, 0.2) is 0 Å². The highest BCUT2D eigenvalue weighted by Gasteiger charge is 2.18. The van der Waals surface area contributed by atoms with E-state index in [1.807, 2.05) is 4.90 Å². The third-order valence-electron chi connectivity index (χ3n) is 2.94. The molecule has 0 radical (unpaired) electrons. The Morgan fingerprint density at radius 2 is 2.26 bits per heavy atom. The molecule has 0 aliphatic carbocycles. The number of nitrogen functional groups attached to an aromatic ring is 1. The summed E-state index contributed by atoms with van der Waals surface area (Å²) in [4.78, 5) is 13.8. The summed E-state index contributed by atoms with van der Waals surface area (Å²) in [6, 6.07) is 3.68. The molecular formula is C13H20FN3O2. The number of ether oxygens (including phenoxy) is 1. The van der Waals surface area contributed by atoms with Crippen molar-refractivity contribution in [3.63, 3.8) is 0 Å². The van der Waals surface area contributed by atoms with Crippen LogP contribution in [0.15, 0.2) is 18.2 Å². The lowest BCUT2D eigenvalue weighted by Gasteiger charge is -2.23. The SMILES string of the molecule is COCCN(C)C(C)C(=O)Nc1cc(N)ccc1F. The maximum absolute atomic E-state index is 13.5. The summed E-state index contributed by atoms with van der Waals surface area (Å²) in [5.74, 6) is -0.794. The lowest BCUT2D eigenvalue weighted by molar-refractivity contribution is -0.120. The van der Waals surface area contributed by atoms with Crippen molar-refractivity contribution in [2.45, 2.75) is 13.0 Å². The molecule has 0 bridgehead atoms. The van der Waals surface area contributed by atoms with Crippen molar-refractivity contribution in [3.05, 3.63) is 24.0 Å². The fraction of sp³-hybridized carbons (Fsp3) is 0.462. The Kier molecular flexibility index (Phi) is 5.72. The summed E-state index contributed by atoms with van der Waals surface area (Å²) in [5.41, 5.74) is 6.05. The number of hydrogen-bond donors (Lipinski definition) is 2. The Morgan fingerprint density at radius 3 is 2.89 bits per heavy atom. The minimum Gasteiger partial charge on any atom is -0.399 e. The normalized spacial score (nSPS) is 12.5. The number of anilines is 2. The molecule has 1 atom stereocenters. The Labute approximate surface area is 112 Å². The molecule has 6 heteroatoms. The first-order chi connectivity index (χ1) is 8.95. The molecule has 1 amide bonds. The van der Waals surface area contributed by atoms with Gasteiger partial charge < -0.3 is 15.8 Å². The average Bonchev–Trinajstić information content (AvgIpc) is 2.39.